The lowest BCUT2D eigenvalue weighted by Gasteiger charge is -2.34. The molecule has 1 aromatic heterocycles. The van der Waals surface area contributed by atoms with E-state index >= 15 is 0 Å². The summed E-state index contributed by atoms with van der Waals surface area (Å²) in [5.41, 5.74) is 7.13. The van der Waals surface area contributed by atoms with Gasteiger partial charge in [-0.3, -0.25) is 9.48 Å². The van der Waals surface area contributed by atoms with Gasteiger partial charge in [-0.2, -0.15) is 5.10 Å². The maximum atomic E-state index is 11.9. The number of nitrogens with two attached hydrogens (primary N) is 1. The fraction of sp³-hybridized carbons (Fsp3) is 0.385. The normalized spacial score (nSPS) is 18.4. The van der Waals surface area contributed by atoms with Gasteiger partial charge in [0.2, 0.25) is 5.91 Å². The van der Waals surface area contributed by atoms with E-state index in [1.54, 1.807) is 11.0 Å². The summed E-state index contributed by atoms with van der Waals surface area (Å²) in [5, 5.41) is 6.38. The van der Waals surface area contributed by atoms with E-state index in [0.717, 1.165) is 11.1 Å². The minimum absolute atomic E-state index is 0.0169. The number of halogens is 2. The van der Waals surface area contributed by atoms with Crippen LogP contribution in [0.1, 0.15) is 18.7 Å². The maximum absolute atomic E-state index is 11.9. The molecular formula is C13H14Cl2N4O. The van der Waals surface area contributed by atoms with Crippen molar-refractivity contribution in [1.29, 1.82) is 0 Å². The topological polar surface area (TPSA) is 64.2 Å². The van der Waals surface area contributed by atoms with Gasteiger partial charge in [0.25, 0.3) is 0 Å². The number of nitrogens with zero attached hydrogens (tertiary/aromatic N) is 3. The predicted molar refractivity (Wildman–Crippen MR) is 78.9 cm³/mol. The van der Waals surface area contributed by atoms with Crippen LogP contribution in [0.25, 0.3) is 10.9 Å². The number of aromatic nitrogens is 2. The van der Waals surface area contributed by atoms with E-state index in [2.05, 4.69) is 5.10 Å². The number of amides is 1. The molecule has 7 heteroatoms. The third-order valence-electron chi connectivity index (χ3n) is 3.75. The molecule has 0 saturated carbocycles. The Morgan fingerprint density at radius 1 is 1.45 bits per heavy atom. The number of hydrogen-bond acceptors (Lipinski definition) is 3. The molecule has 20 heavy (non-hydrogen) atoms. The van der Waals surface area contributed by atoms with E-state index in [-0.39, 0.29) is 18.5 Å². The average molecular weight is 313 g/mol. The van der Waals surface area contributed by atoms with Crippen LogP contribution >= 0.6 is 23.2 Å². The summed E-state index contributed by atoms with van der Waals surface area (Å²) in [6.07, 6.45) is 0. The van der Waals surface area contributed by atoms with Crippen LogP contribution in [0, 0.1) is 0 Å². The lowest BCUT2D eigenvalue weighted by Crippen LogP contribution is -2.43. The molecule has 2 N–H and O–H groups in total. The third-order valence-corrected chi connectivity index (χ3v) is 4.55. The second-order valence-electron chi connectivity index (χ2n) is 4.83. The maximum Gasteiger partial charge on any atom is 0.236 e. The van der Waals surface area contributed by atoms with Gasteiger partial charge < -0.3 is 10.6 Å². The van der Waals surface area contributed by atoms with Gasteiger partial charge in [0.05, 0.1) is 34.9 Å². The van der Waals surface area contributed by atoms with Crippen LogP contribution in [0.5, 0.6) is 0 Å². The molecule has 1 aliphatic rings. The average Bonchev–Trinajstić information content (AvgIpc) is 2.83. The zero-order valence-corrected chi connectivity index (χ0v) is 12.4. The number of rotatable bonds is 1. The summed E-state index contributed by atoms with van der Waals surface area (Å²) in [5.74, 6) is -0.0573. The van der Waals surface area contributed by atoms with Crippen LogP contribution in [-0.4, -0.2) is 33.7 Å². The minimum Gasteiger partial charge on any atom is -0.331 e. The van der Waals surface area contributed by atoms with Gasteiger partial charge in [0.15, 0.2) is 0 Å². The van der Waals surface area contributed by atoms with E-state index in [9.17, 15) is 4.79 Å². The number of fused-ring (bicyclic) bond motifs is 3. The van der Waals surface area contributed by atoms with Crippen LogP contribution in [0.3, 0.4) is 0 Å². The monoisotopic (exact) mass is 312 g/mol. The van der Waals surface area contributed by atoms with Crippen molar-refractivity contribution in [2.45, 2.75) is 19.5 Å². The lowest BCUT2D eigenvalue weighted by atomic mass is 10.1. The van der Waals surface area contributed by atoms with Crippen LogP contribution in [0.4, 0.5) is 0 Å². The number of carbonyl (C=O) groups is 1. The van der Waals surface area contributed by atoms with Gasteiger partial charge in [0.1, 0.15) is 5.52 Å². The first-order valence-electron chi connectivity index (χ1n) is 6.38. The Balaban J connectivity index is 2.17. The van der Waals surface area contributed by atoms with Gasteiger partial charge in [-0.1, -0.05) is 23.2 Å². The van der Waals surface area contributed by atoms with Crippen LogP contribution in [0.2, 0.25) is 10.0 Å². The highest BCUT2D eigenvalue weighted by Crippen LogP contribution is 2.36. The Bertz CT molecular complexity index is 697. The second kappa shape index (κ2) is 4.91. The Hall–Kier alpha value is -1.30. The lowest BCUT2D eigenvalue weighted by molar-refractivity contribution is -0.132. The Kier molecular flexibility index (Phi) is 3.36. The molecule has 0 saturated heterocycles. The highest BCUT2D eigenvalue weighted by Gasteiger charge is 2.30. The Morgan fingerprint density at radius 2 is 2.20 bits per heavy atom. The van der Waals surface area contributed by atoms with Crippen LogP contribution < -0.4 is 5.73 Å². The van der Waals surface area contributed by atoms with Crippen molar-refractivity contribution < 1.29 is 4.79 Å². The number of benzene rings is 1. The second-order valence-corrected chi connectivity index (χ2v) is 5.62. The van der Waals surface area contributed by atoms with Crippen molar-refractivity contribution in [3.63, 3.8) is 0 Å². The van der Waals surface area contributed by atoms with E-state index in [4.69, 9.17) is 28.9 Å². The molecule has 0 fully saturated rings. The highest BCUT2D eigenvalue weighted by molar-refractivity contribution is 6.45. The molecule has 0 spiro atoms. The molecule has 1 aromatic carbocycles. The fourth-order valence-electron chi connectivity index (χ4n) is 2.77. The van der Waals surface area contributed by atoms with Crippen LogP contribution in [-0.2, 0) is 11.3 Å². The molecule has 0 radical (unpaired) electrons. The predicted octanol–water partition coefficient (Wildman–Crippen LogP) is 2.20. The molecule has 5 nitrogen and oxygen atoms in total. The zero-order chi connectivity index (χ0) is 14.4. The summed E-state index contributed by atoms with van der Waals surface area (Å²) >= 11 is 12.2. The number of hydrogen-bond donors (Lipinski definition) is 1. The Morgan fingerprint density at radius 3 is 2.90 bits per heavy atom. The zero-order valence-electron chi connectivity index (χ0n) is 10.9. The summed E-state index contributed by atoms with van der Waals surface area (Å²) in [6.45, 7) is 3.22. The first-order chi connectivity index (χ1) is 9.54. The molecule has 0 unspecified atom stereocenters. The molecule has 106 valence electrons. The van der Waals surface area contributed by atoms with Crippen molar-refractivity contribution >= 4 is 40.0 Å². The summed E-state index contributed by atoms with van der Waals surface area (Å²) in [4.78, 5) is 13.7. The largest absolute Gasteiger partial charge is 0.331 e. The molecule has 3 rings (SSSR count). The molecule has 0 aliphatic carbocycles. The smallest absolute Gasteiger partial charge is 0.236 e. The molecule has 1 aliphatic heterocycles. The van der Waals surface area contributed by atoms with Crippen molar-refractivity contribution in [1.82, 2.24) is 14.7 Å². The van der Waals surface area contributed by atoms with E-state index in [1.165, 1.54) is 0 Å². The minimum atomic E-state index is -0.0814. The van der Waals surface area contributed by atoms with Gasteiger partial charge >= 0.3 is 0 Å². The molecule has 2 heterocycles. The summed E-state index contributed by atoms with van der Waals surface area (Å²) in [6, 6.07) is 3.57. The SMILES string of the molecule is C[C@H]1c2c3ccc(Cl)c(Cl)c3nn2CCN1C(=O)CN. The molecule has 0 bridgehead atoms. The van der Waals surface area contributed by atoms with Crippen LogP contribution in [0.15, 0.2) is 12.1 Å². The van der Waals surface area contributed by atoms with Crippen molar-refractivity contribution in [2.75, 3.05) is 13.1 Å². The third kappa shape index (κ3) is 1.89. The van der Waals surface area contributed by atoms with E-state index in [1.807, 2.05) is 17.7 Å². The Labute approximate surface area is 126 Å². The van der Waals surface area contributed by atoms with Crippen molar-refractivity contribution in [2.24, 2.45) is 5.73 Å². The number of carbonyl (C=O) groups excluding carboxylic acids is 1. The van der Waals surface area contributed by atoms with Gasteiger partial charge in [-0.25, -0.2) is 0 Å². The standard InChI is InChI=1S/C13H14Cl2N4O/c1-7-13-8-2-3-9(14)11(15)12(8)17-19(13)5-4-18(7)10(20)6-16/h2-3,7H,4-6,16H2,1H3/t7-/m0/s1. The first-order valence-corrected chi connectivity index (χ1v) is 7.14. The molecule has 2 aromatic rings. The molecule has 1 atom stereocenters. The fourth-order valence-corrected chi connectivity index (χ4v) is 3.13. The van der Waals surface area contributed by atoms with E-state index < -0.39 is 0 Å². The van der Waals surface area contributed by atoms with Gasteiger partial charge in [-0.15, -0.1) is 0 Å². The van der Waals surface area contributed by atoms with Gasteiger partial charge in [-0.05, 0) is 19.1 Å². The first kappa shape index (κ1) is 13.7. The van der Waals surface area contributed by atoms with E-state index in [0.29, 0.717) is 28.7 Å². The molecule has 1 amide bonds. The quantitative estimate of drug-likeness (QED) is 0.878. The molecular weight excluding hydrogens is 299 g/mol. The summed E-state index contributed by atoms with van der Waals surface area (Å²) in [7, 11) is 0. The van der Waals surface area contributed by atoms with Crippen molar-refractivity contribution in [3.8, 4) is 0 Å². The highest BCUT2D eigenvalue weighted by atomic mass is 35.5. The summed E-state index contributed by atoms with van der Waals surface area (Å²) < 4.78 is 1.90. The van der Waals surface area contributed by atoms with Crippen molar-refractivity contribution in [3.05, 3.63) is 27.9 Å². The van der Waals surface area contributed by atoms with Gasteiger partial charge in [0, 0.05) is 11.9 Å².